The largest absolute Gasteiger partial charge is 0.247 e. The fourth-order valence-electron chi connectivity index (χ4n) is 6.37. The zero-order valence-electron chi connectivity index (χ0n) is 25.4. The van der Waals surface area contributed by atoms with E-state index >= 15 is 0 Å². The van der Waals surface area contributed by atoms with E-state index in [0.717, 1.165) is 49.5 Å². The summed E-state index contributed by atoms with van der Waals surface area (Å²) in [4.78, 5) is 15.7. The number of nitriles is 3. The maximum absolute atomic E-state index is 10.6. The quantitative estimate of drug-likeness (QED) is 0.184. The van der Waals surface area contributed by atoms with Gasteiger partial charge >= 0.3 is 0 Å². The van der Waals surface area contributed by atoms with Gasteiger partial charge in [0.25, 0.3) is 0 Å². The molecule has 220 valence electrons. The van der Waals surface area contributed by atoms with Gasteiger partial charge in [0, 0.05) is 32.8 Å². The van der Waals surface area contributed by atoms with Crippen LogP contribution in [-0.4, -0.2) is 15.0 Å². The van der Waals surface area contributed by atoms with Crippen LogP contribution in [-0.2, 0) is 0 Å². The van der Waals surface area contributed by atoms with Crippen molar-refractivity contribution in [3.05, 3.63) is 150 Å². The summed E-state index contributed by atoms with van der Waals surface area (Å²) in [7, 11) is 0. The highest BCUT2D eigenvalue weighted by Gasteiger charge is 2.22. The van der Waals surface area contributed by atoms with Gasteiger partial charge in [0.1, 0.15) is 11.6 Å². The van der Waals surface area contributed by atoms with Crippen LogP contribution in [0.3, 0.4) is 0 Å². The van der Waals surface area contributed by atoms with Crippen molar-refractivity contribution in [2.24, 2.45) is 0 Å². The van der Waals surface area contributed by atoms with Crippen molar-refractivity contribution in [3.8, 4) is 63.1 Å². The summed E-state index contributed by atoms with van der Waals surface area (Å²) in [5, 5.41) is 32.5. The van der Waals surface area contributed by atoms with Gasteiger partial charge in [0.05, 0.1) is 56.9 Å². The molecule has 0 N–H and O–H groups in total. The third kappa shape index (κ3) is 4.68. The monoisotopic (exact) mass is 610 g/mol. The lowest BCUT2D eigenvalue weighted by Crippen LogP contribution is -2.00. The Labute approximate surface area is 276 Å². The van der Waals surface area contributed by atoms with Gasteiger partial charge in [-0.15, -0.1) is 0 Å². The average Bonchev–Trinajstić information content (AvgIpc) is 3.17. The number of para-hydroxylation sites is 1. The van der Waals surface area contributed by atoms with Crippen LogP contribution < -0.4 is 0 Å². The molecule has 0 atom stereocenters. The molecule has 0 aliphatic heterocycles. The van der Waals surface area contributed by atoms with E-state index in [9.17, 15) is 15.8 Å². The highest BCUT2D eigenvalue weighted by Crippen LogP contribution is 2.42. The predicted molar refractivity (Wildman–Crippen MR) is 188 cm³/mol. The van der Waals surface area contributed by atoms with Crippen LogP contribution in [0.2, 0.25) is 0 Å². The van der Waals surface area contributed by atoms with Gasteiger partial charge in [0.15, 0.2) is 0 Å². The van der Waals surface area contributed by atoms with Gasteiger partial charge < -0.3 is 0 Å². The molecule has 0 amide bonds. The molecular weight excluding hydrogens is 589 g/mol. The fraction of sp³-hybridized carbons (Fsp3) is 0. The Balaban J connectivity index is 1.53. The summed E-state index contributed by atoms with van der Waals surface area (Å²) in [6.45, 7) is 0. The van der Waals surface area contributed by atoms with Crippen LogP contribution >= 0.6 is 0 Å². The van der Waals surface area contributed by atoms with E-state index in [2.05, 4.69) is 18.2 Å². The average molecular weight is 611 g/mol. The maximum atomic E-state index is 10.6. The number of aromatic nitrogens is 3. The summed E-state index contributed by atoms with van der Waals surface area (Å²) in [6.07, 6.45) is 0. The lowest BCUT2D eigenvalue weighted by atomic mass is 9.91. The predicted octanol–water partition coefficient (Wildman–Crippen LogP) is 9.61. The van der Waals surface area contributed by atoms with Crippen molar-refractivity contribution in [2.75, 3.05) is 0 Å². The second-order valence-corrected chi connectivity index (χ2v) is 11.4. The van der Waals surface area contributed by atoms with Crippen molar-refractivity contribution in [2.45, 2.75) is 0 Å². The second-order valence-electron chi connectivity index (χ2n) is 11.4. The van der Waals surface area contributed by atoms with Crippen LogP contribution in [0.1, 0.15) is 16.7 Å². The minimum atomic E-state index is 0.385. The Morgan fingerprint density at radius 3 is 1.60 bits per heavy atom. The van der Waals surface area contributed by atoms with E-state index in [1.54, 1.807) is 18.2 Å². The summed E-state index contributed by atoms with van der Waals surface area (Å²) >= 11 is 0. The molecule has 0 saturated heterocycles. The molecule has 0 fully saturated rings. The number of hydrogen-bond donors (Lipinski definition) is 0. The highest BCUT2D eigenvalue weighted by molar-refractivity contribution is 6.22. The summed E-state index contributed by atoms with van der Waals surface area (Å²) in [5.74, 6) is 0. The first kappa shape index (κ1) is 28.3. The first-order valence-electron chi connectivity index (χ1n) is 15.3. The van der Waals surface area contributed by atoms with Gasteiger partial charge in [-0.1, -0.05) is 103 Å². The fourth-order valence-corrected chi connectivity index (χ4v) is 6.37. The number of benzene rings is 6. The number of hydrogen-bond acceptors (Lipinski definition) is 6. The first-order chi connectivity index (χ1) is 23.7. The van der Waals surface area contributed by atoms with E-state index in [4.69, 9.17) is 15.0 Å². The Bertz CT molecular complexity index is 2660. The molecule has 8 aromatic rings. The van der Waals surface area contributed by atoms with E-state index in [-0.39, 0.29) is 0 Å². The minimum absolute atomic E-state index is 0.385. The number of rotatable bonds is 4. The van der Waals surface area contributed by atoms with E-state index in [1.165, 1.54) is 0 Å². The van der Waals surface area contributed by atoms with Crippen LogP contribution in [0, 0.1) is 34.0 Å². The van der Waals surface area contributed by atoms with Crippen molar-refractivity contribution in [3.63, 3.8) is 0 Å². The molecule has 6 nitrogen and oxygen atoms in total. The third-order valence-electron chi connectivity index (χ3n) is 8.51. The SMILES string of the molecule is N#Cc1cc(C#N)cc(-c2ccccc2-c2nc3ccccc3c3c2cc(C#N)c2nc(-c4ccccc4)c(-c4ccccc4)nc23)c1. The van der Waals surface area contributed by atoms with Crippen LogP contribution in [0.5, 0.6) is 0 Å². The van der Waals surface area contributed by atoms with E-state index in [0.29, 0.717) is 44.8 Å². The number of pyridine rings is 1. The summed E-state index contributed by atoms with van der Waals surface area (Å²) in [5.41, 5.74) is 9.28. The molecule has 0 saturated carbocycles. The van der Waals surface area contributed by atoms with Gasteiger partial charge in [-0.3, -0.25) is 0 Å². The maximum Gasteiger partial charge on any atom is 0.108 e. The van der Waals surface area contributed by atoms with Gasteiger partial charge in [-0.2, -0.15) is 15.8 Å². The van der Waals surface area contributed by atoms with Crippen LogP contribution in [0.4, 0.5) is 0 Å². The lowest BCUT2D eigenvalue weighted by molar-refractivity contribution is 1.29. The molecule has 6 heteroatoms. The Hall–Kier alpha value is -7.20. The normalized spacial score (nSPS) is 10.9. The van der Waals surface area contributed by atoms with Crippen molar-refractivity contribution in [1.29, 1.82) is 15.8 Å². The summed E-state index contributed by atoms with van der Waals surface area (Å²) in [6, 6.07) is 49.3. The Morgan fingerprint density at radius 1 is 0.417 bits per heavy atom. The number of fused-ring (bicyclic) bond motifs is 5. The molecule has 2 heterocycles. The topological polar surface area (TPSA) is 110 Å². The zero-order chi connectivity index (χ0) is 32.6. The van der Waals surface area contributed by atoms with Crippen LogP contribution in [0.25, 0.3) is 77.6 Å². The van der Waals surface area contributed by atoms with Crippen molar-refractivity contribution < 1.29 is 0 Å². The minimum Gasteiger partial charge on any atom is -0.247 e. The summed E-state index contributed by atoms with van der Waals surface area (Å²) < 4.78 is 0. The second kappa shape index (κ2) is 11.6. The molecule has 0 unspecified atom stereocenters. The molecule has 2 aromatic heterocycles. The first-order valence-corrected chi connectivity index (χ1v) is 15.3. The Kier molecular flexibility index (Phi) is 6.85. The molecule has 0 aliphatic carbocycles. The lowest BCUT2D eigenvalue weighted by Gasteiger charge is -2.17. The number of nitrogens with zero attached hydrogens (tertiary/aromatic N) is 6. The standard InChI is InChI=1S/C42H22N6/c43-23-26-19-27(24-44)21-30(20-26)32-15-7-8-16-33(32)41-35-22-31(25-45)40-42(37(35)34-17-9-10-18-36(34)46-41)48-39(29-13-5-2-6-14-29)38(47-40)28-11-3-1-4-12-28/h1-22H. The van der Waals surface area contributed by atoms with E-state index in [1.807, 2.05) is 115 Å². The zero-order valence-corrected chi connectivity index (χ0v) is 25.4. The molecular formula is C42H22N6. The third-order valence-corrected chi connectivity index (χ3v) is 8.51. The molecule has 8 rings (SSSR count). The molecule has 6 aromatic carbocycles. The smallest absolute Gasteiger partial charge is 0.108 e. The molecule has 0 aliphatic rings. The van der Waals surface area contributed by atoms with Gasteiger partial charge in [0.2, 0.25) is 0 Å². The molecule has 48 heavy (non-hydrogen) atoms. The van der Waals surface area contributed by atoms with Gasteiger partial charge in [-0.25, -0.2) is 15.0 Å². The van der Waals surface area contributed by atoms with E-state index < -0.39 is 0 Å². The van der Waals surface area contributed by atoms with Crippen LogP contribution in [0.15, 0.2) is 133 Å². The Morgan fingerprint density at radius 2 is 0.979 bits per heavy atom. The van der Waals surface area contributed by atoms with Crippen molar-refractivity contribution >= 4 is 32.7 Å². The molecule has 0 spiro atoms. The van der Waals surface area contributed by atoms with Crippen molar-refractivity contribution in [1.82, 2.24) is 15.0 Å². The van der Waals surface area contributed by atoms with Gasteiger partial charge in [-0.05, 0) is 41.5 Å². The highest BCUT2D eigenvalue weighted by atomic mass is 14.8. The molecule has 0 radical (unpaired) electrons. The molecule has 0 bridgehead atoms.